The number of carbonyl (C=O) groups excluding carboxylic acids is 4. The Morgan fingerprint density at radius 3 is 1.95 bits per heavy atom. The summed E-state index contributed by atoms with van der Waals surface area (Å²) in [6, 6.07) is 14.0. The molecule has 7 rings (SSSR count). The summed E-state index contributed by atoms with van der Waals surface area (Å²) in [4.78, 5) is 68.5. The van der Waals surface area contributed by atoms with Crippen LogP contribution in [-0.4, -0.2) is 92.7 Å². The van der Waals surface area contributed by atoms with E-state index in [0.29, 0.717) is 24.7 Å². The van der Waals surface area contributed by atoms with E-state index in [1.54, 1.807) is 17.3 Å². The van der Waals surface area contributed by atoms with Crippen LogP contribution in [0.15, 0.2) is 71.5 Å². The number of fused-ring (bicyclic) bond motifs is 1. The molecule has 5 aromatic rings. The monoisotopic (exact) mass is 806 g/mol. The molecule has 15 heteroatoms. The van der Waals surface area contributed by atoms with Crippen LogP contribution in [0, 0.1) is 10.8 Å². The molecular weight excluding hydrogens is 753 g/mol. The number of aromatic amines is 1. The number of benzene rings is 2. The number of carbonyl (C=O) groups is 4. The molecule has 59 heavy (non-hydrogen) atoms. The lowest BCUT2D eigenvalue weighted by molar-refractivity contribution is -0.137. The first-order chi connectivity index (χ1) is 28.1. The fourth-order valence-corrected chi connectivity index (χ4v) is 8.17. The molecule has 15 nitrogen and oxygen atoms in total. The van der Waals surface area contributed by atoms with Gasteiger partial charge in [0.15, 0.2) is 0 Å². The highest BCUT2D eigenvalue weighted by Gasteiger charge is 2.43. The summed E-state index contributed by atoms with van der Waals surface area (Å²) in [7, 11) is 2.58. The number of furan rings is 1. The zero-order chi connectivity index (χ0) is 42.2. The van der Waals surface area contributed by atoms with Crippen molar-refractivity contribution >= 4 is 35.0 Å². The van der Waals surface area contributed by atoms with E-state index in [1.807, 2.05) is 99.7 Å². The van der Waals surface area contributed by atoms with Crippen LogP contribution in [-0.2, 0) is 19.1 Å². The van der Waals surface area contributed by atoms with Crippen molar-refractivity contribution in [1.29, 1.82) is 0 Å². The van der Waals surface area contributed by atoms with Crippen LogP contribution < -0.4 is 10.6 Å². The molecule has 312 valence electrons. The normalized spacial score (nSPS) is 18.2. The number of amides is 4. The second-order valence-corrected chi connectivity index (χ2v) is 17.5. The molecule has 2 aromatic carbocycles. The SMILES string of the molecule is COC(=O)N[C@H](C(=O)N1CCC[C@H]1c1ncc(-c2ccc3oc(-c4ccc(-n5ccnc5[C@@H]5CCCN5C(=O)[C@@H](NC(=O)OC)C(C)(C)C)cc4)cc3c2)[nH]1)C(C)(C)C. The molecular formula is C44H54N8O7. The van der Waals surface area contributed by atoms with Gasteiger partial charge in [-0.25, -0.2) is 19.6 Å². The number of alkyl carbamates (subject to hydrolysis) is 2. The van der Waals surface area contributed by atoms with Gasteiger partial charge in [0, 0.05) is 47.7 Å². The van der Waals surface area contributed by atoms with E-state index < -0.39 is 35.1 Å². The van der Waals surface area contributed by atoms with Crippen molar-refractivity contribution in [3.63, 3.8) is 0 Å². The van der Waals surface area contributed by atoms with Crippen molar-refractivity contribution in [3.05, 3.63) is 78.8 Å². The van der Waals surface area contributed by atoms with E-state index >= 15 is 0 Å². The topological polar surface area (TPSA) is 177 Å². The summed E-state index contributed by atoms with van der Waals surface area (Å²) in [6.45, 7) is 12.6. The molecule has 3 N–H and O–H groups in total. The number of nitrogens with zero attached hydrogens (tertiary/aromatic N) is 5. The zero-order valence-electron chi connectivity index (χ0n) is 35.0. The zero-order valence-corrected chi connectivity index (χ0v) is 35.0. The first-order valence-electron chi connectivity index (χ1n) is 20.1. The van der Waals surface area contributed by atoms with Crippen molar-refractivity contribution in [2.45, 2.75) is 91.4 Å². The third kappa shape index (κ3) is 8.41. The van der Waals surface area contributed by atoms with Crippen LogP contribution in [0.25, 0.3) is 39.2 Å². The Labute approximate surface area is 343 Å². The van der Waals surface area contributed by atoms with Gasteiger partial charge in [-0.2, -0.15) is 0 Å². The first-order valence-corrected chi connectivity index (χ1v) is 20.1. The average Bonchev–Trinajstić information content (AvgIpc) is 4.06. The van der Waals surface area contributed by atoms with E-state index in [4.69, 9.17) is 23.9 Å². The standard InChI is InChI=1S/C44H54N8O7/c1-43(2,3)35(48-41(55)57-7)39(53)51-20-9-11-31(51)37-46-25-30(47-37)27-15-18-33-28(23-27)24-34(59-33)26-13-16-29(17-14-26)50-22-19-45-38(50)32-12-10-21-52(32)40(54)36(44(4,5)6)49-42(56)58-8/h13-19,22-25,31-32,35-36H,9-12,20-21H2,1-8H3,(H,46,47)(H,48,55)(H,49,56)/t31-,32-,35+,36+/m0/s1. The number of ether oxygens (including phenoxy) is 2. The molecule has 3 aromatic heterocycles. The van der Waals surface area contributed by atoms with Crippen LogP contribution >= 0.6 is 0 Å². The molecule has 0 aliphatic carbocycles. The van der Waals surface area contributed by atoms with E-state index in [1.165, 1.54) is 14.2 Å². The van der Waals surface area contributed by atoms with Crippen LogP contribution in [0.2, 0.25) is 0 Å². The van der Waals surface area contributed by atoms with Gasteiger partial charge < -0.3 is 43.9 Å². The van der Waals surface area contributed by atoms with Crippen LogP contribution in [0.3, 0.4) is 0 Å². The summed E-state index contributed by atoms with van der Waals surface area (Å²) >= 11 is 0. The number of imidazole rings is 2. The lowest BCUT2D eigenvalue weighted by Crippen LogP contribution is -2.54. The molecule has 0 spiro atoms. The van der Waals surface area contributed by atoms with E-state index in [-0.39, 0.29) is 23.9 Å². The molecule has 4 amide bonds. The fraction of sp³-hybridized carbons (Fsp3) is 0.455. The van der Waals surface area contributed by atoms with Crippen molar-refractivity contribution in [3.8, 4) is 28.3 Å². The highest BCUT2D eigenvalue weighted by Crippen LogP contribution is 2.38. The third-order valence-electron chi connectivity index (χ3n) is 11.3. The largest absolute Gasteiger partial charge is 0.456 e. The van der Waals surface area contributed by atoms with Crippen molar-refractivity contribution in [1.82, 2.24) is 40.0 Å². The predicted octanol–water partition coefficient (Wildman–Crippen LogP) is 7.54. The fourth-order valence-electron chi connectivity index (χ4n) is 8.17. The van der Waals surface area contributed by atoms with Crippen molar-refractivity contribution in [2.24, 2.45) is 10.8 Å². The van der Waals surface area contributed by atoms with E-state index in [9.17, 15) is 19.2 Å². The molecule has 0 radical (unpaired) electrons. The number of nitrogens with one attached hydrogen (secondary N) is 3. The molecule has 0 saturated carbocycles. The number of aromatic nitrogens is 4. The van der Waals surface area contributed by atoms with E-state index in [0.717, 1.165) is 65.0 Å². The van der Waals surface area contributed by atoms with Gasteiger partial charge >= 0.3 is 12.2 Å². The van der Waals surface area contributed by atoms with Gasteiger partial charge in [0.25, 0.3) is 0 Å². The van der Waals surface area contributed by atoms with Crippen molar-refractivity contribution < 1.29 is 33.1 Å². The van der Waals surface area contributed by atoms with Gasteiger partial charge in [-0.05, 0) is 85.0 Å². The maximum atomic E-state index is 13.9. The second kappa shape index (κ2) is 16.3. The number of H-pyrrole nitrogens is 1. The molecule has 2 aliphatic heterocycles. The molecule has 0 bridgehead atoms. The second-order valence-electron chi connectivity index (χ2n) is 17.5. The van der Waals surface area contributed by atoms with Crippen LogP contribution in [0.1, 0.15) is 91.0 Å². The van der Waals surface area contributed by atoms with Gasteiger partial charge in [0.2, 0.25) is 11.8 Å². The predicted molar refractivity (Wildman–Crippen MR) is 221 cm³/mol. The number of hydrogen-bond donors (Lipinski definition) is 3. The van der Waals surface area contributed by atoms with E-state index in [2.05, 4.69) is 21.7 Å². The first kappa shape index (κ1) is 41.1. The minimum atomic E-state index is -0.763. The summed E-state index contributed by atoms with van der Waals surface area (Å²) in [6.07, 6.45) is 7.31. The number of methoxy groups -OCH3 is 2. The molecule has 2 saturated heterocycles. The summed E-state index contributed by atoms with van der Waals surface area (Å²) in [5.41, 5.74) is 3.22. The molecule has 2 fully saturated rings. The molecule has 2 aliphatic rings. The Balaban J connectivity index is 1.07. The average molecular weight is 807 g/mol. The maximum Gasteiger partial charge on any atom is 0.407 e. The number of likely N-dealkylation sites (tertiary alicyclic amines) is 2. The smallest absolute Gasteiger partial charge is 0.407 e. The minimum absolute atomic E-state index is 0.163. The minimum Gasteiger partial charge on any atom is -0.456 e. The Morgan fingerprint density at radius 2 is 1.36 bits per heavy atom. The van der Waals surface area contributed by atoms with Gasteiger partial charge in [0.1, 0.15) is 35.1 Å². The van der Waals surface area contributed by atoms with Gasteiger partial charge in [-0.15, -0.1) is 0 Å². The summed E-state index contributed by atoms with van der Waals surface area (Å²) < 4.78 is 18.0. The number of hydrogen-bond acceptors (Lipinski definition) is 9. The Morgan fingerprint density at radius 1 is 0.780 bits per heavy atom. The van der Waals surface area contributed by atoms with Crippen LogP contribution in [0.5, 0.6) is 0 Å². The maximum absolute atomic E-state index is 13.9. The molecule has 5 heterocycles. The lowest BCUT2D eigenvalue weighted by atomic mass is 9.85. The lowest BCUT2D eigenvalue weighted by Gasteiger charge is -2.35. The van der Waals surface area contributed by atoms with Crippen molar-refractivity contribution in [2.75, 3.05) is 27.3 Å². The Bertz CT molecular complexity index is 2330. The summed E-state index contributed by atoms with van der Waals surface area (Å²) in [5.74, 6) is 1.84. The molecule has 0 unspecified atom stereocenters. The molecule has 4 atom stereocenters. The van der Waals surface area contributed by atoms with Gasteiger partial charge in [-0.1, -0.05) is 41.5 Å². The highest BCUT2D eigenvalue weighted by molar-refractivity contribution is 5.89. The highest BCUT2D eigenvalue weighted by atomic mass is 16.5. The Hall–Kier alpha value is -6.12. The quantitative estimate of drug-likeness (QED) is 0.136. The van der Waals surface area contributed by atoms with Gasteiger partial charge in [0.05, 0.1) is 38.2 Å². The third-order valence-corrected chi connectivity index (χ3v) is 11.3. The van der Waals surface area contributed by atoms with Gasteiger partial charge in [-0.3, -0.25) is 9.59 Å². The number of rotatable bonds is 9. The summed E-state index contributed by atoms with van der Waals surface area (Å²) in [5, 5.41) is 6.41. The Kier molecular flexibility index (Phi) is 11.3. The van der Waals surface area contributed by atoms with Crippen LogP contribution in [0.4, 0.5) is 9.59 Å².